The molecule has 0 aliphatic rings. The highest BCUT2D eigenvalue weighted by atomic mass is 16.6. The molecule has 0 heterocycles. The average molecular weight is 835 g/mol. The molecule has 350 valence electrons. The van der Waals surface area contributed by atoms with Gasteiger partial charge in [0.2, 0.25) is 0 Å². The number of hydrogen-bond donors (Lipinski definition) is 0. The van der Waals surface area contributed by atoms with Crippen LogP contribution < -0.4 is 0 Å². The van der Waals surface area contributed by atoms with Crippen molar-refractivity contribution in [1.82, 2.24) is 0 Å². The van der Waals surface area contributed by atoms with Crippen molar-refractivity contribution in [3.05, 3.63) is 0 Å². The summed E-state index contributed by atoms with van der Waals surface area (Å²) in [5.74, 6) is 0.750. The van der Waals surface area contributed by atoms with Crippen molar-refractivity contribution in [3.8, 4) is 0 Å². The lowest BCUT2D eigenvalue weighted by atomic mass is 10.0. The van der Waals surface area contributed by atoms with E-state index in [1.165, 1.54) is 180 Å². The molecule has 0 amide bonds. The Balaban J connectivity index is 4.26. The molecule has 0 aliphatic carbocycles. The van der Waals surface area contributed by atoms with E-state index in [0.29, 0.717) is 19.3 Å². The first-order chi connectivity index (χ1) is 28.7. The van der Waals surface area contributed by atoms with Gasteiger partial charge < -0.3 is 14.2 Å². The largest absolute Gasteiger partial charge is 0.462 e. The van der Waals surface area contributed by atoms with Crippen LogP contribution in [-0.4, -0.2) is 37.2 Å². The third-order valence-electron chi connectivity index (χ3n) is 12.0. The van der Waals surface area contributed by atoms with Crippen LogP contribution in [0.5, 0.6) is 0 Å². The first kappa shape index (κ1) is 57.4. The highest BCUT2D eigenvalue weighted by Crippen LogP contribution is 2.17. The Morgan fingerprint density at radius 1 is 0.322 bits per heavy atom. The first-order valence-electron chi connectivity index (χ1n) is 26.2. The highest BCUT2D eigenvalue weighted by Gasteiger charge is 2.19. The van der Waals surface area contributed by atoms with Crippen LogP contribution >= 0.6 is 0 Å². The molecule has 0 saturated heterocycles. The van der Waals surface area contributed by atoms with E-state index in [2.05, 4.69) is 34.6 Å². The van der Waals surface area contributed by atoms with E-state index in [1.54, 1.807) is 0 Å². The number of rotatable bonds is 47. The topological polar surface area (TPSA) is 78.9 Å². The smallest absolute Gasteiger partial charge is 0.306 e. The minimum absolute atomic E-state index is 0.0643. The van der Waals surface area contributed by atoms with Crippen molar-refractivity contribution in [2.75, 3.05) is 13.2 Å². The molecule has 0 rings (SSSR count). The molecule has 0 radical (unpaired) electrons. The number of carbonyl (C=O) groups excluding carboxylic acids is 3. The summed E-state index contributed by atoms with van der Waals surface area (Å²) < 4.78 is 16.8. The SMILES string of the molecule is CCCCCCCCCCCCCCCCCCC(=O)OC[C@H](COC(=O)CCCCCCCCC(C)C)OC(=O)CCCCCCCCCCCCCCCC(C)C. The number of hydrogen-bond acceptors (Lipinski definition) is 6. The Morgan fingerprint density at radius 2 is 0.559 bits per heavy atom. The molecular formula is C53H102O6. The van der Waals surface area contributed by atoms with Crippen LogP contribution in [0, 0.1) is 11.8 Å². The van der Waals surface area contributed by atoms with Gasteiger partial charge in [-0.05, 0) is 31.1 Å². The standard InChI is InChI=1S/C53H102O6/c1-6-7-8-9-10-11-12-13-14-15-18-21-24-27-33-38-43-51(54)57-46-50(47-58-52(55)44-39-34-30-29-32-37-42-49(4)5)59-53(56)45-40-35-28-25-22-19-16-17-20-23-26-31-36-41-48(2)3/h48-50H,6-47H2,1-5H3/t50-/m1/s1. The van der Waals surface area contributed by atoms with Crippen LogP contribution in [0.4, 0.5) is 0 Å². The van der Waals surface area contributed by atoms with Crippen molar-refractivity contribution in [2.24, 2.45) is 11.8 Å². The minimum Gasteiger partial charge on any atom is -0.462 e. The summed E-state index contributed by atoms with van der Waals surface area (Å²) in [6.07, 6.45) is 46.7. The van der Waals surface area contributed by atoms with Crippen molar-refractivity contribution >= 4 is 17.9 Å². The molecule has 0 saturated carbocycles. The minimum atomic E-state index is -0.762. The van der Waals surface area contributed by atoms with E-state index in [4.69, 9.17) is 14.2 Å². The Labute approximate surface area is 368 Å². The predicted octanol–water partition coefficient (Wildman–Crippen LogP) is 16.9. The number of ether oxygens (including phenoxy) is 3. The van der Waals surface area contributed by atoms with Crippen LogP contribution in [0.1, 0.15) is 291 Å². The molecule has 6 nitrogen and oxygen atoms in total. The molecule has 59 heavy (non-hydrogen) atoms. The molecule has 1 atom stereocenters. The molecule has 0 bridgehead atoms. The summed E-state index contributed by atoms with van der Waals surface area (Å²) in [5.41, 5.74) is 0. The maximum Gasteiger partial charge on any atom is 0.306 e. The van der Waals surface area contributed by atoms with E-state index >= 15 is 0 Å². The fraction of sp³-hybridized carbons (Fsp3) is 0.943. The average Bonchev–Trinajstić information content (AvgIpc) is 3.20. The van der Waals surface area contributed by atoms with Crippen molar-refractivity contribution in [3.63, 3.8) is 0 Å². The van der Waals surface area contributed by atoms with Crippen LogP contribution in [-0.2, 0) is 28.6 Å². The van der Waals surface area contributed by atoms with Crippen molar-refractivity contribution in [1.29, 1.82) is 0 Å². The zero-order valence-corrected chi connectivity index (χ0v) is 40.4. The second-order valence-electron chi connectivity index (χ2n) is 19.1. The first-order valence-corrected chi connectivity index (χ1v) is 26.2. The van der Waals surface area contributed by atoms with E-state index in [1.807, 2.05) is 0 Å². The van der Waals surface area contributed by atoms with E-state index < -0.39 is 6.10 Å². The van der Waals surface area contributed by atoms with E-state index in [-0.39, 0.29) is 31.1 Å². The number of unbranched alkanes of at least 4 members (excludes halogenated alkanes) is 32. The third-order valence-corrected chi connectivity index (χ3v) is 12.0. The lowest BCUT2D eigenvalue weighted by Crippen LogP contribution is -2.30. The van der Waals surface area contributed by atoms with Gasteiger partial charge in [0.1, 0.15) is 13.2 Å². The number of carbonyl (C=O) groups is 3. The summed E-state index contributed by atoms with van der Waals surface area (Å²) in [7, 11) is 0. The summed E-state index contributed by atoms with van der Waals surface area (Å²) in [6.45, 7) is 11.3. The maximum atomic E-state index is 12.8. The van der Waals surface area contributed by atoms with Crippen molar-refractivity contribution in [2.45, 2.75) is 298 Å². The Hall–Kier alpha value is -1.59. The zero-order valence-electron chi connectivity index (χ0n) is 40.4. The van der Waals surface area contributed by atoms with Gasteiger partial charge in [-0.2, -0.15) is 0 Å². The molecular weight excluding hydrogens is 733 g/mol. The van der Waals surface area contributed by atoms with Crippen LogP contribution in [0.25, 0.3) is 0 Å². The molecule has 0 aromatic carbocycles. The second-order valence-corrected chi connectivity index (χ2v) is 19.1. The maximum absolute atomic E-state index is 12.8. The molecule has 0 spiro atoms. The normalized spacial score (nSPS) is 12.1. The van der Waals surface area contributed by atoms with Gasteiger partial charge in [-0.25, -0.2) is 0 Å². The number of esters is 3. The Morgan fingerprint density at radius 3 is 0.831 bits per heavy atom. The summed E-state index contributed by atoms with van der Waals surface area (Å²) in [5, 5.41) is 0. The van der Waals surface area contributed by atoms with Gasteiger partial charge in [-0.3, -0.25) is 14.4 Å². The lowest BCUT2D eigenvalue weighted by molar-refractivity contribution is -0.167. The monoisotopic (exact) mass is 835 g/mol. The molecule has 0 unspecified atom stereocenters. The molecule has 0 aromatic heterocycles. The van der Waals surface area contributed by atoms with Gasteiger partial charge in [0.15, 0.2) is 6.10 Å². The van der Waals surface area contributed by atoms with E-state index in [9.17, 15) is 14.4 Å². The molecule has 0 fully saturated rings. The van der Waals surface area contributed by atoms with Crippen LogP contribution in [0.2, 0.25) is 0 Å². The predicted molar refractivity (Wildman–Crippen MR) is 252 cm³/mol. The lowest BCUT2D eigenvalue weighted by Gasteiger charge is -2.18. The molecule has 6 heteroatoms. The van der Waals surface area contributed by atoms with Gasteiger partial charge in [-0.15, -0.1) is 0 Å². The quantitative estimate of drug-likeness (QED) is 0.0345. The van der Waals surface area contributed by atoms with E-state index in [0.717, 1.165) is 69.6 Å². The van der Waals surface area contributed by atoms with Gasteiger partial charge >= 0.3 is 17.9 Å². The fourth-order valence-corrected chi connectivity index (χ4v) is 7.99. The van der Waals surface area contributed by atoms with Gasteiger partial charge in [0, 0.05) is 19.3 Å². The Kier molecular flexibility index (Phi) is 44.7. The van der Waals surface area contributed by atoms with Gasteiger partial charge in [0.25, 0.3) is 0 Å². The third kappa shape index (κ3) is 47.3. The summed E-state index contributed by atoms with van der Waals surface area (Å²) in [6, 6.07) is 0. The van der Waals surface area contributed by atoms with Gasteiger partial charge in [-0.1, -0.05) is 253 Å². The second kappa shape index (κ2) is 45.9. The van der Waals surface area contributed by atoms with Gasteiger partial charge in [0.05, 0.1) is 0 Å². The zero-order chi connectivity index (χ0) is 43.3. The van der Waals surface area contributed by atoms with Crippen LogP contribution in [0.3, 0.4) is 0 Å². The summed E-state index contributed by atoms with van der Waals surface area (Å²) >= 11 is 0. The highest BCUT2D eigenvalue weighted by molar-refractivity contribution is 5.71. The van der Waals surface area contributed by atoms with Crippen LogP contribution in [0.15, 0.2) is 0 Å². The molecule has 0 N–H and O–H groups in total. The molecule has 0 aromatic rings. The fourth-order valence-electron chi connectivity index (χ4n) is 7.99. The molecule has 0 aliphatic heterocycles. The van der Waals surface area contributed by atoms with Crippen molar-refractivity contribution < 1.29 is 28.6 Å². The Bertz CT molecular complexity index is 900. The summed E-state index contributed by atoms with van der Waals surface area (Å²) in [4.78, 5) is 37.9.